The maximum absolute atomic E-state index is 10.9. The van der Waals surface area contributed by atoms with Crippen LogP contribution >= 0.6 is 0 Å². The third-order valence-corrected chi connectivity index (χ3v) is 2.66. The summed E-state index contributed by atoms with van der Waals surface area (Å²) in [6, 6.07) is 4.69. The lowest BCUT2D eigenvalue weighted by Gasteiger charge is -2.07. The number of pyridine rings is 1. The Bertz CT molecular complexity index is 611. The van der Waals surface area contributed by atoms with Crippen LogP contribution < -0.4 is 16.6 Å². The highest BCUT2D eigenvalue weighted by atomic mass is 16.6. The van der Waals surface area contributed by atoms with E-state index in [0.717, 1.165) is 5.69 Å². The lowest BCUT2D eigenvalue weighted by Crippen LogP contribution is -2.13. The van der Waals surface area contributed by atoms with Crippen LogP contribution in [0.3, 0.4) is 0 Å². The maximum Gasteiger partial charge on any atom is 0.311 e. The highest BCUT2D eigenvalue weighted by Crippen LogP contribution is 2.23. The van der Waals surface area contributed by atoms with Crippen molar-refractivity contribution in [2.75, 3.05) is 17.3 Å². The van der Waals surface area contributed by atoms with Gasteiger partial charge < -0.3 is 10.7 Å². The summed E-state index contributed by atoms with van der Waals surface area (Å²) in [5.41, 5.74) is 3.16. The molecule has 0 aliphatic heterocycles. The van der Waals surface area contributed by atoms with Crippen LogP contribution in [0.4, 0.5) is 17.3 Å². The third kappa shape index (κ3) is 3.20. The Morgan fingerprint density at radius 1 is 1.45 bits per heavy atom. The van der Waals surface area contributed by atoms with E-state index in [9.17, 15) is 10.1 Å². The minimum absolute atomic E-state index is 0.0926. The molecule has 0 radical (unpaired) electrons. The number of nitrogens with zero attached hydrogens (tertiary/aromatic N) is 4. The smallest absolute Gasteiger partial charge is 0.311 e. The summed E-state index contributed by atoms with van der Waals surface area (Å²) < 4.78 is 1.70. The fraction of sp³-hybridized carbons (Fsp3) is 0.273. The molecule has 2 heterocycles. The molecule has 0 unspecified atom stereocenters. The summed E-state index contributed by atoms with van der Waals surface area (Å²) in [7, 11) is 1.83. The highest BCUT2D eigenvalue weighted by molar-refractivity contribution is 5.59. The van der Waals surface area contributed by atoms with E-state index in [2.05, 4.69) is 20.8 Å². The molecule has 0 atom stereocenters. The number of nitrogens with one attached hydrogen (secondary N) is 2. The molecule has 0 aliphatic carbocycles. The van der Waals surface area contributed by atoms with Crippen molar-refractivity contribution in [3.63, 3.8) is 0 Å². The first-order chi connectivity index (χ1) is 9.60. The highest BCUT2D eigenvalue weighted by Gasteiger charge is 2.15. The van der Waals surface area contributed by atoms with Gasteiger partial charge in [-0.15, -0.1) is 0 Å². The van der Waals surface area contributed by atoms with Crippen molar-refractivity contribution in [1.29, 1.82) is 0 Å². The van der Waals surface area contributed by atoms with Gasteiger partial charge in [-0.25, -0.2) is 10.8 Å². The number of anilines is 2. The average molecular weight is 277 g/mol. The van der Waals surface area contributed by atoms with Crippen LogP contribution in [0.1, 0.15) is 5.69 Å². The first kappa shape index (κ1) is 13.7. The molecule has 0 amide bonds. The van der Waals surface area contributed by atoms with Gasteiger partial charge in [-0.2, -0.15) is 5.10 Å². The zero-order chi connectivity index (χ0) is 14.5. The Morgan fingerprint density at radius 2 is 2.25 bits per heavy atom. The summed E-state index contributed by atoms with van der Waals surface area (Å²) in [6.07, 6.45) is 2.48. The number of aromatic nitrogens is 3. The Morgan fingerprint density at radius 3 is 2.85 bits per heavy atom. The van der Waals surface area contributed by atoms with Crippen molar-refractivity contribution in [2.45, 2.75) is 6.42 Å². The predicted octanol–water partition coefficient (Wildman–Crippen LogP) is 0.663. The Kier molecular flexibility index (Phi) is 4.11. The van der Waals surface area contributed by atoms with E-state index < -0.39 is 4.92 Å². The molecule has 0 aromatic carbocycles. The molecule has 0 saturated heterocycles. The lowest BCUT2D eigenvalue weighted by molar-refractivity contribution is -0.384. The van der Waals surface area contributed by atoms with Gasteiger partial charge in [0.15, 0.2) is 0 Å². The second-order valence-corrected chi connectivity index (χ2v) is 4.12. The molecule has 2 aromatic rings. The van der Waals surface area contributed by atoms with Crippen molar-refractivity contribution >= 4 is 17.3 Å². The Balaban J connectivity index is 2.05. The maximum atomic E-state index is 10.9. The van der Waals surface area contributed by atoms with E-state index in [1.807, 2.05) is 19.3 Å². The molecule has 0 bridgehead atoms. The molecule has 106 valence electrons. The molecule has 0 saturated carbocycles. The van der Waals surface area contributed by atoms with Crippen LogP contribution in [-0.4, -0.2) is 26.2 Å². The second kappa shape index (κ2) is 5.97. The number of nitro groups is 1. The van der Waals surface area contributed by atoms with Crippen LogP contribution in [0.25, 0.3) is 0 Å². The SMILES string of the molecule is Cn1ccc(CCNc2nc(NN)ccc2[N+](=O)[O-])n1. The standard InChI is InChI=1S/C11H15N7O2/c1-17-7-5-8(16-17)4-6-13-11-9(18(19)20)2-3-10(14-11)15-12/h2-3,5,7H,4,6,12H2,1H3,(H2,13,14,15). The van der Waals surface area contributed by atoms with Crippen molar-refractivity contribution in [2.24, 2.45) is 12.9 Å². The minimum Gasteiger partial charge on any atom is -0.364 e. The van der Waals surface area contributed by atoms with Gasteiger partial charge in [0.1, 0.15) is 5.82 Å². The first-order valence-corrected chi connectivity index (χ1v) is 5.94. The number of nitrogen functional groups attached to an aromatic ring is 1. The summed E-state index contributed by atoms with van der Waals surface area (Å²) in [5, 5.41) is 18.1. The largest absolute Gasteiger partial charge is 0.364 e. The van der Waals surface area contributed by atoms with E-state index in [1.165, 1.54) is 12.1 Å². The summed E-state index contributed by atoms with van der Waals surface area (Å²) in [6.45, 7) is 0.485. The van der Waals surface area contributed by atoms with Crippen molar-refractivity contribution < 1.29 is 4.92 Å². The zero-order valence-electron chi connectivity index (χ0n) is 10.9. The Labute approximate surface area is 114 Å². The molecule has 0 spiro atoms. The van der Waals surface area contributed by atoms with Gasteiger partial charge in [0.05, 0.1) is 10.6 Å². The molecule has 4 N–H and O–H groups in total. The van der Waals surface area contributed by atoms with Crippen LogP contribution in [0, 0.1) is 10.1 Å². The number of hydrogen-bond acceptors (Lipinski definition) is 7. The van der Waals surface area contributed by atoms with Crippen molar-refractivity contribution in [3.8, 4) is 0 Å². The van der Waals surface area contributed by atoms with Gasteiger partial charge in [-0.3, -0.25) is 14.8 Å². The number of nitrogens with two attached hydrogens (primary N) is 1. The van der Waals surface area contributed by atoms with Crippen molar-refractivity contribution in [1.82, 2.24) is 14.8 Å². The second-order valence-electron chi connectivity index (χ2n) is 4.12. The minimum atomic E-state index is -0.490. The number of rotatable bonds is 6. The van der Waals surface area contributed by atoms with Crippen LogP contribution in [0.5, 0.6) is 0 Å². The van der Waals surface area contributed by atoms with Crippen molar-refractivity contribution in [3.05, 3.63) is 40.2 Å². The number of hydrogen-bond donors (Lipinski definition) is 3. The topological polar surface area (TPSA) is 124 Å². The predicted molar refractivity (Wildman–Crippen MR) is 74.1 cm³/mol. The molecule has 2 aromatic heterocycles. The zero-order valence-corrected chi connectivity index (χ0v) is 10.9. The number of aryl methyl sites for hydroxylation is 1. The van der Waals surface area contributed by atoms with Gasteiger partial charge in [0.25, 0.3) is 0 Å². The monoisotopic (exact) mass is 277 g/mol. The van der Waals surface area contributed by atoms with Crippen LogP contribution in [0.15, 0.2) is 24.4 Å². The van der Waals surface area contributed by atoms with E-state index in [-0.39, 0.29) is 11.5 Å². The van der Waals surface area contributed by atoms with Gasteiger partial charge >= 0.3 is 5.69 Å². The lowest BCUT2D eigenvalue weighted by atomic mass is 10.3. The van der Waals surface area contributed by atoms with Crippen LogP contribution in [-0.2, 0) is 13.5 Å². The molecule has 9 heteroatoms. The quantitative estimate of drug-likeness (QED) is 0.402. The Hall–Kier alpha value is -2.68. The summed E-state index contributed by atoms with van der Waals surface area (Å²) >= 11 is 0. The summed E-state index contributed by atoms with van der Waals surface area (Å²) in [5.74, 6) is 5.78. The molecule has 20 heavy (non-hydrogen) atoms. The summed E-state index contributed by atoms with van der Waals surface area (Å²) in [4.78, 5) is 14.5. The molecular weight excluding hydrogens is 262 g/mol. The van der Waals surface area contributed by atoms with Gasteiger partial charge in [-0.1, -0.05) is 0 Å². The molecule has 2 rings (SSSR count). The fourth-order valence-corrected chi connectivity index (χ4v) is 1.72. The number of hydrazine groups is 1. The molecular formula is C11H15N7O2. The average Bonchev–Trinajstić information content (AvgIpc) is 2.84. The van der Waals surface area contributed by atoms with E-state index in [0.29, 0.717) is 18.8 Å². The third-order valence-electron chi connectivity index (χ3n) is 2.66. The van der Waals surface area contributed by atoms with Gasteiger partial charge in [0.2, 0.25) is 5.82 Å². The normalized spacial score (nSPS) is 10.3. The first-order valence-electron chi connectivity index (χ1n) is 5.94. The van der Waals surface area contributed by atoms with E-state index in [1.54, 1.807) is 4.68 Å². The van der Waals surface area contributed by atoms with E-state index in [4.69, 9.17) is 5.84 Å². The molecule has 0 aliphatic rings. The van der Waals surface area contributed by atoms with Gasteiger partial charge in [0, 0.05) is 32.3 Å². The van der Waals surface area contributed by atoms with Crippen LogP contribution in [0.2, 0.25) is 0 Å². The van der Waals surface area contributed by atoms with E-state index >= 15 is 0 Å². The molecule has 9 nitrogen and oxygen atoms in total. The van der Waals surface area contributed by atoms with Gasteiger partial charge in [-0.05, 0) is 12.1 Å². The fourth-order valence-electron chi connectivity index (χ4n) is 1.72. The molecule has 0 fully saturated rings.